The van der Waals surface area contributed by atoms with Crippen molar-refractivity contribution in [1.29, 1.82) is 0 Å². The molecule has 7 nitrogen and oxygen atoms in total. The van der Waals surface area contributed by atoms with Crippen molar-refractivity contribution in [2.45, 2.75) is 213 Å². The van der Waals surface area contributed by atoms with E-state index in [1.807, 2.05) is 0 Å². The van der Waals surface area contributed by atoms with Gasteiger partial charge in [-0.1, -0.05) is 130 Å². The predicted octanol–water partition coefficient (Wildman–Crippen LogP) is 12.1. The molecule has 1 unspecified atom stereocenters. The topological polar surface area (TPSA) is 60.5 Å². The number of nitrogens with zero attached hydrogens (tertiary/aromatic N) is 2. The van der Waals surface area contributed by atoms with Crippen LogP contribution < -0.4 is 0 Å². The van der Waals surface area contributed by atoms with Gasteiger partial charge in [0.25, 0.3) is 0 Å². The van der Waals surface area contributed by atoms with Crippen LogP contribution in [0.1, 0.15) is 207 Å². The number of hydrogen-bond donors (Lipinski definition) is 0. The molecule has 0 aromatic rings. The zero-order chi connectivity index (χ0) is 36.6. The number of hydrogen-bond acceptors (Lipinski definition) is 7. The molecule has 0 bridgehead atoms. The molecule has 0 aromatic carbocycles. The lowest BCUT2D eigenvalue weighted by Gasteiger charge is -2.22. The Labute approximate surface area is 312 Å². The van der Waals surface area contributed by atoms with Gasteiger partial charge < -0.3 is 14.4 Å². The highest BCUT2D eigenvalue weighted by atomic mass is 17.2. The van der Waals surface area contributed by atoms with Crippen LogP contribution >= 0.6 is 0 Å². The van der Waals surface area contributed by atoms with E-state index >= 15 is 0 Å². The van der Waals surface area contributed by atoms with Crippen molar-refractivity contribution in [2.75, 3.05) is 60.3 Å². The highest BCUT2D eigenvalue weighted by Crippen LogP contribution is 2.17. The number of esters is 1. The van der Waals surface area contributed by atoms with Gasteiger partial charge in [0.05, 0.1) is 19.9 Å². The molecule has 0 aromatic heterocycles. The zero-order valence-electron chi connectivity index (χ0n) is 34.5. The summed E-state index contributed by atoms with van der Waals surface area (Å²) in [6.45, 7) is 13.3. The molecule has 0 radical (unpaired) electrons. The first-order valence-electron chi connectivity index (χ1n) is 21.9. The Kier molecular flexibility index (Phi) is 40.4. The van der Waals surface area contributed by atoms with Crippen LogP contribution in [0.5, 0.6) is 0 Å². The first kappa shape index (κ1) is 49.3. The van der Waals surface area contributed by atoms with E-state index in [2.05, 4.69) is 44.7 Å². The van der Waals surface area contributed by atoms with Crippen molar-refractivity contribution in [3.8, 4) is 0 Å². The maximum absolute atomic E-state index is 12.6. The Morgan fingerprint density at radius 1 is 0.480 bits per heavy atom. The normalized spacial score (nSPS) is 12.4. The summed E-state index contributed by atoms with van der Waals surface area (Å²) in [7, 11) is 4.10. The second-order valence-electron chi connectivity index (χ2n) is 15.2. The van der Waals surface area contributed by atoms with E-state index in [1.54, 1.807) is 0 Å². The third-order valence-corrected chi connectivity index (χ3v) is 9.64. The lowest BCUT2D eigenvalue weighted by molar-refractivity contribution is -0.295. The molecule has 0 fully saturated rings. The minimum atomic E-state index is 0.0314. The van der Waals surface area contributed by atoms with Crippen molar-refractivity contribution >= 4 is 5.97 Å². The van der Waals surface area contributed by atoms with Gasteiger partial charge in [0.2, 0.25) is 0 Å². The van der Waals surface area contributed by atoms with Gasteiger partial charge >= 0.3 is 5.97 Å². The molecule has 0 saturated heterocycles. The Morgan fingerprint density at radius 3 is 1.42 bits per heavy atom. The van der Waals surface area contributed by atoms with Gasteiger partial charge in [0.15, 0.2) is 0 Å². The lowest BCUT2D eigenvalue weighted by atomic mass is 10.0. The van der Waals surface area contributed by atoms with E-state index in [1.165, 1.54) is 154 Å². The fourth-order valence-electron chi connectivity index (χ4n) is 6.45. The van der Waals surface area contributed by atoms with Gasteiger partial charge in [-0.2, -0.15) is 0 Å². The molecule has 300 valence electrons. The minimum absolute atomic E-state index is 0.0314. The van der Waals surface area contributed by atoms with Crippen LogP contribution in [0.15, 0.2) is 0 Å². The summed E-state index contributed by atoms with van der Waals surface area (Å²) < 4.78 is 11.7. The fourth-order valence-corrected chi connectivity index (χ4v) is 6.45. The molecule has 0 saturated carbocycles. The van der Waals surface area contributed by atoms with E-state index in [0.29, 0.717) is 13.2 Å². The van der Waals surface area contributed by atoms with Crippen molar-refractivity contribution < 1.29 is 24.0 Å². The second kappa shape index (κ2) is 41.0. The second-order valence-corrected chi connectivity index (χ2v) is 15.2. The monoisotopic (exact) mass is 713 g/mol. The Bertz CT molecular complexity index is 665. The largest absolute Gasteiger partial charge is 0.462 e. The van der Waals surface area contributed by atoms with Gasteiger partial charge in [-0.3, -0.25) is 9.69 Å². The molecule has 0 spiro atoms. The van der Waals surface area contributed by atoms with Gasteiger partial charge in [-0.25, -0.2) is 9.78 Å². The van der Waals surface area contributed by atoms with Crippen LogP contribution in [0, 0.1) is 0 Å². The Balaban J connectivity index is 4.12. The van der Waals surface area contributed by atoms with Crippen LogP contribution in [0.2, 0.25) is 0 Å². The van der Waals surface area contributed by atoms with Gasteiger partial charge in [0, 0.05) is 13.0 Å². The summed E-state index contributed by atoms with van der Waals surface area (Å²) in [4.78, 5) is 28.1. The highest BCUT2D eigenvalue weighted by molar-refractivity contribution is 5.69. The molecule has 0 aliphatic rings. The van der Waals surface area contributed by atoms with Crippen LogP contribution in [-0.4, -0.2) is 82.2 Å². The van der Waals surface area contributed by atoms with E-state index < -0.39 is 0 Å². The van der Waals surface area contributed by atoms with Crippen LogP contribution in [0.4, 0.5) is 0 Å². The van der Waals surface area contributed by atoms with Crippen LogP contribution in [0.25, 0.3) is 0 Å². The summed E-state index contributed by atoms with van der Waals surface area (Å²) in [6, 6.07) is 0. The first-order chi connectivity index (χ1) is 24.5. The van der Waals surface area contributed by atoms with Gasteiger partial charge in [-0.15, -0.1) is 0 Å². The van der Waals surface area contributed by atoms with Crippen molar-refractivity contribution in [1.82, 2.24) is 9.80 Å². The van der Waals surface area contributed by atoms with E-state index in [9.17, 15) is 4.79 Å². The minimum Gasteiger partial charge on any atom is -0.462 e. The predicted molar refractivity (Wildman–Crippen MR) is 214 cm³/mol. The maximum Gasteiger partial charge on any atom is 0.306 e. The smallest absolute Gasteiger partial charge is 0.306 e. The van der Waals surface area contributed by atoms with Crippen LogP contribution in [0.3, 0.4) is 0 Å². The lowest BCUT2D eigenvalue weighted by Crippen LogP contribution is -2.27. The molecule has 50 heavy (non-hydrogen) atoms. The van der Waals surface area contributed by atoms with Crippen molar-refractivity contribution in [2.24, 2.45) is 0 Å². The molecule has 0 N–H and O–H groups in total. The molecule has 0 aliphatic heterocycles. The molecule has 1 atom stereocenters. The van der Waals surface area contributed by atoms with Crippen molar-refractivity contribution in [3.05, 3.63) is 0 Å². The molecule has 0 rings (SSSR count). The molecule has 7 heteroatoms. The Hall–Kier alpha value is -0.730. The molecular weight excluding hydrogens is 624 g/mol. The van der Waals surface area contributed by atoms with E-state index in [0.717, 1.165) is 64.8 Å². The third kappa shape index (κ3) is 38.5. The quantitative estimate of drug-likeness (QED) is 0.0205. The standard InChI is InChI=1S/C43H88N2O5/c1-6-9-12-14-21-29-39-48-49-40-30-22-16-15-19-26-35-45(37-28-31-38-47-41-44(4)5)36-27-20-17-18-25-34-43(46)50-42(32-23-11-8-3)33-24-13-10-7-2/h42H,6-41H2,1-5H3. The summed E-state index contributed by atoms with van der Waals surface area (Å²) in [5.41, 5.74) is 0. The molecule has 0 aliphatic carbocycles. The fraction of sp³-hybridized carbons (Fsp3) is 0.977. The average Bonchev–Trinajstić information content (AvgIpc) is 3.10. The number of carbonyl (C=O) groups excluding carboxylic acids is 1. The van der Waals surface area contributed by atoms with E-state index in [4.69, 9.17) is 19.2 Å². The average molecular weight is 713 g/mol. The first-order valence-corrected chi connectivity index (χ1v) is 21.9. The van der Waals surface area contributed by atoms with Crippen molar-refractivity contribution in [3.63, 3.8) is 0 Å². The zero-order valence-corrected chi connectivity index (χ0v) is 34.5. The number of ether oxygens (including phenoxy) is 2. The summed E-state index contributed by atoms with van der Waals surface area (Å²) in [5.74, 6) is 0.0314. The number of carbonyl (C=O) groups is 1. The molecule has 0 heterocycles. The maximum atomic E-state index is 12.6. The van der Waals surface area contributed by atoms with Crippen LogP contribution in [-0.2, 0) is 24.0 Å². The number of rotatable bonds is 42. The summed E-state index contributed by atoms with van der Waals surface area (Å²) in [5, 5.41) is 0. The summed E-state index contributed by atoms with van der Waals surface area (Å²) >= 11 is 0. The molecule has 0 amide bonds. The number of unbranched alkanes of at least 4 members (excludes halogenated alkanes) is 20. The SMILES string of the molecule is CCCCCCCCOOCCCCCCCCN(CCCCCCCC(=O)OC(CCCCC)CCCCCC)CCCCOCN(C)C. The Morgan fingerprint density at radius 2 is 0.880 bits per heavy atom. The summed E-state index contributed by atoms with van der Waals surface area (Å²) in [6.07, 6.45) is 34.7. The highest BCUT2D eigenvalue weighted by Gasteiger charge is 2.14. The van der Waals surface area contributed by atoms with Gasteiger partial charge in [0.1, 0.15) is 6.10 Å². The van der Waals surface area contributed by atoms with E-state index in [-0.39, 0.29) is 12.1 Å². The third-order valence-electron chi connectivity index (χ3n) is 9.64. The van der Waals surface area contributed by atoms with Gasteiger partial charge in [-0.05, 0) is 104 Å². The molecular formula is C43H88N2O5.